The van der Waals surface area contributed by atoms with E-state index in [1.165, 1.54) is 24.3 Å². The standard InChI is InChI=1S/C15H9ClFN3O/c16-12-7-3-9-4-8-13(19-14(9)18-12)20-15(21)10-1-5-11(17)6-2-10/h1-8H,(H,18,19,20,21). The van der Waals surface area contributed by atoms with Crippen LogP contribution in [0.2, 0.25) is 5.15 Å². The van der Waals surface area contributed by atoms with Crippen molar-refractivity contribution >= 4 is 34.4 Å². The number of carbonyl (C=O) groups is 1. The highest BCUT2D eigenvalue weighted by atomic mass is 35.5. The maximum absolute atomic E-state index is 12.8. The Hall–Kier alpha value is -2.53. The molecule has 3 rings (SSSR count). The quantitative estimate of drug-likeness (QED) is 0.735. The molecule has 4 nitrogen and oxygen atoms in total. The Labute approximate surface area is 124 Å². The van der Waals surface area contributed by atoms with Crippen molar-refractivity contribution in [1.82, 2.24) is 9.97 Å². The van der Waals surface area contributed by atoms with Gasteiger partial charge in [0.1, 0.15) is 16.8 Å². The van der Waals surface area contributed by atoms with Crippen LogP contribution in [0.1, 0.15) is 10.4 Å². The van der Waals surface area contributed by atoms with Gasteiger partial charge in [0.2, 0.25) is 0 Å². The number of hydrogen-bond acceptors (Lipinski definition) is 3. The van der Waals surface area contributed by atoms with Gasteiger partial charge in [-0.05, 0) is 48.5 Å². The highest BCUT2D eigenvalue weighted by molar-refractivity contribution is 6.29. The Morgan fingerprint density at radius 2 is 1.71 bits per heavy atom. The molecule has 0 spiro atoms. The number of carbonyl (C=O) groups excluding carboxylic acids is 1. The molecule has 0 atom stereocenters. The van der Waals surface area contributed by atoms with Crippen LogP contribution < -0.4 is 5.32 Å². The molecule has 1 N–H and O–H groups in total. The Bertz CT molecular complexity index is 821. The molecule has 104 valence electrons. The van der Waals surface area contributed by atoms with Crippen LogP contribution in [-0.2, 0) is 0 Å². The fraction of sp³-hybridized carbons (Fsp3) is 0. The molecule has 2 heterocycles. The third-order valence-corrected chi connectivity index (χ3v) is 3.08. The van der Waals surface area contributed by atoms with E-state index in [9.17, 15) is 9.18 Å². The van der Waals surface area contributed by atoms with Crippen molar-refractivity contribution in [3.8, 4) is 0 Å². The number of fused-ring (bicyclic) bond motifs is 1. The monoisotopic (exact) mass is 301 g/mol. The summed E-state index contributed by atoms with van der Waals surface area (Å²) >= 11 is 5.81. The summed E-state index contributed by atoms with van der Waals surface area (Å²) in [5.74, 6) is -0.412. The number of nitrogens with one attached hydrogen (secondary N) is 1. The number of aromatic nitrogens is 2. The SMILES string of the molecule is O=C(Nc1ccc2ccc(Cl)nc2n1)c1ccc(F)cc1. The molecule has 1 amide bonds. The van der Waals surface area contributed by atoms with E-state index in [1.807, 2.05) is 0 Å². The smallest absolute Gasteiger partial charge is 0.256 e. The van der Waals surface area contributed by atoms with Gasteiger partial charge in [-0.3, -0.25) is 4.79 Å². The molecule has 3 aromatic rings. The van der Waals surface area contributed by atoms with Crippen molar-refractivity contribution < 1.29 is 9.18 Å². The lowest BCUT2D eigenvalue weighted by molar-refractivity contribution is 0.102. The molecule has 0 aliphatic rings. The van der Waals surface area contributed by atoms with E-state index in [4.69, 9.17) is 11.6 Å². The largest absolute Gasteiger partial charge is 0.306 e. The minimum absolute atomic E-state index is 0.331. The van der Waals surface area contributed by atoms with E-state index in [-0.39, 0.29) is 5.91 Å². The topological polar surface area (TPSA) is 54.9 Å². The number of anilines is 1. The minimum atomic E-state index is -0.394. The van der Waals surface area contributed by atoms with Crippen LogP contribution in [0.25, 0.3) is 11.0 Å². The third kappa shape index (κ3) is 2.98. The van der Waals surface area contributed by atoms with Crippen LogP contribution >= 0.6 is 11.6 Å². The van der Waals surface area contributed by atoms with Gasteiger partial charge in [0, 0.05) is 10.9 Å². The lowest BCUT2D eigenvalue weighted by atomic mass is 10.2. The van der Waals surface area contributed by atoms with Crippen LogP contribution in [0.3, 0.4) is 0 Å². The van der Waals surface area contributed by atoms with Crippen LogP contribution in [0, 0.1) is 5.82 Å². The molecule has 1 aromatic carbocycles. The number of pyridine rings is 2. The molecule has 0 saturated carbocycles. The number of benzene rings is 1. The van der Waals surface area contributed by atoms with Crippen LogP contribution in [0.4, 0.5) is 10.2 Å². The molecule has 6 heteroatoms. The lowest BCUT2D eigenvalue weighted by Crippen LogP contribution is -2.13. The summed E-state index contributed by atoms with van der Waals surface area (Å²) in [5, 5.41) is 3.78. The van der Waals surface area contributed by atoms with Crippen molar-refractivity contribution in [3.63, 3.8) is 0 Å². The van der Waals surface area contributed by atoms with Gasteiger partial charge in [0.05, 0.1) is 0 Å². The van der Waals surface area contributed by atoms with Crippen LogP contribution in [0.5, 0.6) is 0 Å². The summed E-state index contributed by atoms with van der Waals surface area (Å²) in [7, 11) is 0. The first kappa shape index (κ1) is 13.5. The Morgan fingerprint density at radius 3 is 2.48 bits per heavy atom. The van der Waals surface area contributed by atoms with E-state index in [0.717, 1.165) is 5.39 Å². The summed E-state index contributed by atoms with van der Waals surface area (Å²) in [6, 6.07) is 12.2. The molecular formula is C15H9ClFN3O. The summed E-state index contributed by atoms with van der Waals surface area (Å²) in [4.78, 5) is 20.3. The predicted molar refractivity (Wildman–Crippen MR) is 78.9 cm³/mol. The van der Waals surface area contributed by atoms with E-state index in [1.54, 1.807) is 24.3 Å². The zero-order chi connectivity index (χ0) is 14.8. The number of amides is 1. The molecule has 0 aliphatic heterocycles. The molecule has 21 heavy (non-hydrogen) atoms. The number of halogens is 2. The molecule has 0 bridgehead atoms. The molecule has 0 unspecified atom stereocenters. The molecular weight excluding hydrogens is 293 g/mol. The maximum Gasteiger partial charge on any atom is 0.256 e. The van der Waals surface area contributed by atoms with Crippen molar-refractivity contribution in [1.29, 1.82) is 0 Å². The van der Waals surface area contributed by atoms with Crippen molar-refractivity contribution in [2.45, 2.75) is 0 Å². The molecule has 0 saturated heterocycles. The fourth-order valence-electron chi connectivity index (χ4n) is 1.84. The van der Waals surface area contributed by atoms with Crippen LogP contribution in [0.15, 0.2) is 48.5 Å². The zero-order valence-corrected chi connectivity index (χ0v) is 11.4. The second kappa shape index (κ2) is 5.46. The second-order valence-electron chi connectivity index (χ2n) is 4.34. The Kier molecular flexibility index (Phi) is 3.50. The van der Waals surface area contributed by atoms with Crippen LogP contribution in [-0.4, -0.2) is 15.9 Å². The van der Waals surface area contributed by atoms with Gasteiger partial charge in [-0.2, -0.15) is 0 Å². The number of hydrogen-bond donors (Lipinski definition) is 1. The lowest BCUT2D eigenvalue weighted by Gasteiger charge is -2.05. The predicted octanol–water partition coefficient (Wildman–Crippen LogP) is 3.67. The van der Waals surface area contributed by atoms with Gasteiger partial charge in [0.25, 0.3) is 5.91 Å². The van der Waals surface area contributed by atoms with Crippen molar-refractivity contribution in [2.24, 2.45) is 0 Å². The van der Waals surface area contributed by atoms with Gasteiger partial charge in [0.15, 0.2) is 5.65 Å². The summed E-state index contributed by atoms with van der Waals surface area (Å²) < 4.78 is 12.8. The molecule has 0 fully saturated rings. The van der Waals surface area contributed by atoms with Gasteiger partial charge in [-0.15, -0.1) is 0 Å². The maximum atomic E-state index is 12.8. The van der Waals surface area contributed by atoms with E-state index in [2.05, 4.69) is 15.3 Å². The Balaban J connectivity index is 1.87. The summed E-state index contributed by atoms with van der Waals surface area (Å²) in [5.41, 5.74) is 0.789. The molecule has 0 aliphatic carbocycles. The fourth-order valence-corrected chi connectivity index (χ4v) is 1.98. The first-order valence-electron chi connectivity index (χ1n) is 6.12. The number of rotatable bonds is 2. The first-order chi connectivity index (χ1) is 10.1. The van der Waals surface area contributed by atoms with E-state index < -0.39 is 5.82 Å². The van der Waals surface area contributed by atoms with E-state index >= 15 is 0 Å². The van der Waals surface area contributed by atoms with Gasteiger partial charge in [-0.25, -0.2) is 14.4 Å². The molecule has 2 aromatic heterocycles. The van der Waals surface area contributed by atoms with E-state index in [0.29, 0.717) is 22.2 Å². The van der Waals surface area contributed by atoms with Gasteiger partial charge < -0.3 is 5.32 Å². The second-order valence-corrected chi connectivity index (χ2v) is 4.73. The Morgan fingerprint density at radius 1 is 1.00 bits per heavy atom. The average molecular weight is 302 g/mol. The summed E-state index contributed by atoms with van der Waals surface area (Å²) in [6.07, 6.45) is 0. The normalized spacial score (nSPS) is 10.6. The highest BCUT2D eigenvalue weighted by Crippen LogP contribution is 2.16. The third-order valence-electron chi connectivity index (χ3n) is 2.87. The summed E-state index contributed by atoms with van der Waals surface area (Å²) in [6.45, 7) is 0. The first-order valence-corrected chi connectivity index (χ1v) is 6.50. The zero-order valence-electron chi connectivity index (χ0n) is 10.7. The number of nitrogens with zero attached hydrogens (tertiary/aromatic N) is 2. The van der Waals surface area contributed by atoms with Gasteiger partial charge >= 0.3 is 0 Å². The van der Waals surface area contributed by atoms with Crippen molar-refractivity contribution in [3.05, 3.63) is 65.1 Å². The molecule has 0 radical (unpaired) electrons. The van der Waals surface area contributed by atoms with Gasteiger partial charge in [-0.1, -0.05) is 11.6 Å². The highest BCUT2D eigenvalue weighted by Gasteiger charge is 2.08. The average Bonchev–Trinajstić information content (AvgIpc) is 2.47. The van der Waals surface area contributed by atoms with Crippen molar-refractivity contribution in [2.75, 3.05) is 5.32 Å². The minimum Gasteiger partial charge on any atom is -0.306 e.